The number of carbonyl (C=O) groups is 1. The molecule has 0 fully saturated rings. The second-order valence-corrected chi connectivity index (χ2v) is 5.37. The van der Waals surface area contributed by atoms with Gasteiger partial charge in [0.05, 0.1) is 11.0 Å². The van der Waals surface area contributed by atoms with E-state index in [1.165, 1.54) is 5.52 Å². The smallest absolute Gasteiger partial charge is 0.216 e. The molecule has 0 aliphatic carbocycles. The topological polar surface area (TPSA) is 46.9 Å². The molecule has 2 aromatic rings. The van der Waals surface area contributed by atoms with Crippen LogP contribution in [-0.2, 0) is 17.8 Å². The summed E-state index contributed by atoms with van der Waals surface area (Å²) in [7, 11) is 0. The summed E-state index contributed by atoms with van der Waals surface area (Å²) in [6, 6.07) is 8.23. The van der Waals surface area contributed by atoms with Gasteiger partial charge in [-0.2, -0.15) is 0 Å². The maximum Gasteiger partial charge on any atom is 0.216 e. The van der Waals surface area contributed by atoms with E-state index in [9.17, 15) is 4.79 Å². The lowest BCUT2D eigenvalue weighted by Crippen LogP contribution is -2.24. The molecule has 0 aliphatic heterocycles. The van der Waals surface area contributed by atoms with Crippen LogP contribution in [-0.4, -0.2) is 22.0 Å². The molecule has 1 aromatic carbocycles. The molecule has 1 N–H and O–H groups in total. The maximum atomic E-state index is 11.0. The average Bonchev–Trinajstić information content (AvgIpc) is 2.76. The van der Waals surface area contributed by atoms with E-state index in [0.29, 0.717) is 12.5 Å². The van der Waals surface area contributed by atoms with Crippen LogP contribution in [0.25, 0.3) is 11.0 Å². The van der Waals surface area contributed by atoms with Gasteiger partial charge in [0.25, 0.3) is 0 Å². The van der Waals surface area contributed by atoms with Gasteiger partial charge in [0.15, 0.2) is 0 Å². The lowest BCUT2D eigenvalue weighted by atomic mass is 10.1. The molecule has 4 heteroatoms. The number of fused-ring (bicyclic) bond motifs is 1. The molecule has 20 heavy (non-hydrogen) atoms. The lowest BCUT2D eigenvalue weighted by Gasteiger charge is -2.14. The minimum absolute atomic E-state index is 0.00888. The van der Waals surface area contributed by atoms with Crippen molar-refractivity contribution < 1.29 is 4.79 Å². The fourth-order valence-electron chi connectivity index (χ4n) is 2.31. The van der Waals surface area contributed by atoms with Gasteiger partial charge >= 0.3 is 0 Å². The maximum absolute atomic E-state index is 11.0. The number of rotatable bonds is 6. The van der Waals surface area contributed by atoms with Crippen LogP contribution in [0.1, 0.15) is 33.0 Å². The highest BCUT2D eigenvalue weighted by Crippen LogP contribution is 2.19. The molecule has 1 heterocycles. The highest BCUT2D eigenvalue weighted by molar-refractivity contribution is 5.76. The molecule has 2 rings (SSSR count). The zero-order valence-electron chi connectivity index (χ0n) is 12.5. The number of imidazole rings is 1. The molecule has 4 nitrogen and oxygen atoms in total. The third-order valence-corrected chi connectivity index (χ3v) is 3.65. The van der Waals surface area contributed by atoms with Gasteiger partial charge in [-0.05, 0) is 18.1 Å². The van der Waals surface area contributed by atoms with Crippen LogP contribution in [0.5, 0.6) is 0 Å². The second-order valence-electron chi connectivity index (χ2n) is 5.37. The summed E-state index contributed by atoms with van der Waals surface area (Å²) in [4.78, 5) is 15.7. The van der Waals surface area contributed by atoms with Gasteiger partial charge in [-0.1, -0.05) is 32.4 Å². The molecule has 0 radical (unpaired) electrons. The number of carbonyl (C=O) groups excluding carboxylic acids is 1. The zero-order valence-corrected chi connectivity index (χ0v) is 12.5. The van der Waals surface area contributed by atoms with Crippen molar-refractivity contribution >= 4 is 16.9 Å². The van der Waals surface area contributed by atoms with Crippen molar-refractivity contribution in [3.8, 4) is 0 Å². The van der Waals surface area contributed by atoms with E-state index in [2.05, 4.69) is 35.9 Å². The first-order valence-electron chi connectivity index (χ1n) is 7.30. The summed E-state index contributed by atoms with van der Waals surface area (Å²) in [5, 5.41) is 2.84. The Hall–Kier alpha value is -1.84. The van der Waals surface area contributed by atoms with Gasteiger partial charge in [0.2, 0.25) is 5.91 Å². The highest BCUT2D eigenvalue weighted by atomic mass is 16.1. The van der Waals surface area contributed by atoms with Crippen LogP contribution >= 0.6 is 0 Å². The molecule has 0 saturated heterocycles. The number of amides is 1. The summed E-state index contributed by atoms with van der Waals surface area (Å²) in [6.45, 7) is 7.63. The van der Waals surface area contributed by atoms with E-state index in [1.807, 2.05) is 12.1 Å². The summed E-state index contributed by atoms with van der Waals surface area (Å²) in [5.74, 6) is 1.68. The van der Waals surface area contributed by atoms with Gasteiger partial charge in [-0.25, -0.2) is 4.98 Å². The minimum atomic E-state index is 0.00888. The summed E-state index contributed by atoms with van der Waals surface area (Å²) in [6.07, 6.45) is 1.92. The lowest BCUT2D eigenvalue weighted by molar-refractivity contribution is -0.118. The fourth-order valence-corrected chi connectivity index (χ4v) is 2.31. The quantitative estimate of drug-likeness (QED) is 0.879. The second kappa shape index (κ2) is 6.55. The highest BCUT2D eigenvalue weighted by Gasteiger charge is 2.12. The number of benzene rings is 1. The monoisotopic (exact) mass is 273 g/mol. The summed E-state index contributed by atoms with van der Waals surface area (Å²) >= 11 is 0. The van der Waals surface area contributed by atoms with Crippen molar-refractivity contribution in [3.05, 3.63) is 30.1 Å². The van der Waals surface area contributed by atoms with Crippen LogP contribution < -0.4 is 5.32 Å². The van der Waals surface area contributed by atoms with Crippen LogP contribution in [0.2, 0.25) is 0 Å². The molecule has 1 amide bonds. The Morgan fingerprint density at radius 3 is 2.85 bits per heavy atom. The first-order valence-corrected chi connectivity index (χ1v) is 7.30. The molecule has 1 atom stereocenters. The number of aromatic nitrogens is 2. The minimum Gasteiger partial charge on any atom is -0.356 e. The van der Waals surface area contributed by atoms with Crippen LogP contribution in [0.15, 0.2) is 24.3 Å². The van der Waals surface area contributed by atoms with E-state index >= 15 is 0 Å². The molecule has 0 saturated carbocycles. The van der Waals surface area contributed by atoms with E-state index < -0.39 is 0 Å². The van der Waals surface area contributed by atoms with E-state index in [-0.39, 0.29) is 5.91 Å². The van der Waals surface area contributed by atoms with Crippen LogP contribution in [0.4, 0.5) is 0 Å². The van der Waals surface area contributed by atoms with Crippen molar-refractivity contribution in [2.24, 2.45) is 5.92 Å². The molecule has 0 aliphatic rings. The van der Waals surface area contributed by atoms with Crippen molar-refractivity contribution in [1.29, 1.82) is 0 Å². The van der Waals surface area contributed by atoms with Crippen LogP contribution in [0, 0.1) is 5.92 Å². The Kier molecular flexibility index (Phi) is 4.77. The van der Waals surface area contributed by atoms with Gasteiger partial charge in [0, 0.05) is 26.4 Å². The molecule has 108 valence electrons. The van der Waals surface area contributed by atoms with Crippen molar-refractivity contribution in [2.45, 2.75) is 40.2 Å². The van der Waals surface area contributed by atoms with Crippen molar-refractivity contribution in [2.75, 3.05) is 6.54 Å². The number of hydrogen-bond donors (Lipinski definition) is 1. The van der Waals surface area contributed by atoms with Crippen molar-refractivity contribution in [1.82, 2.24) is 14.9 Å². The Balaban J connectivity index is 2.26. The largest absolute Gasteiger partial charge is 0.356 e. The summed E-state index contributed by atoms with van der Waals surface area (Å²) < 4.78 is 2.30. The SMILES string of the molecule is CCC(C)Cn1c(CCNC(C)=O)nc2ccccc21. The number of hydrogen-bond acceptors (Lipinski definition) is 2. The molecular formula is C16H23N3O. The Labute approximate surface area is 120 Å². The van der Waals surface area contributed by atoms with Gasteiger partial charge in [-0.3, -0.25) is 4.79 Å². The number of nitrogens with one attached hydrogen (secondary N) is 1. The third kappa shape index (κ3) is 3.38. The molecule has 1 aromatic heterocycles. The van der Waals surface area contributed by atoms with Crippen molar-refractivity contribution in [3.63, 3.8) is 0 Å². The Morgan fingerprint density at radius 1 is 1.40 bits per heavy atom. The standard InChI is InChI=1S/C16H23N3O/c1-4-12(2)11-19-15-8-6-5-7-14(15)18-16(19)9-10-17-13(3)20/h5-8,12H,4,9-11H2,1-3H3,(H,17,20). The summed E-state index contributed by atoms with van der Waals surface area (Å²) in [5.41, 5.74) is 2.22. The molecule has 1 unspecified atom stereocenters. The normalized spacial score (nSPS) is 12.6. The fraction of sp³-hybridized carbons (Fsp3) is 0.500. The third-order valence-electron chi connectivity index (χ3n) is 3.65. The first kappa shape index (κ1) is 14.6. The Bertz CT molecular complexity index is 588. The van der Waals surface area contributed by atoms with E-state index in [0.717, 1.165) is 30.7 Å². The molecular weight excluding hydrogens is 250 g/mol. The van der Waals surface area contributed by atoms with Gasteiger partial charge in [-0.15, -0.1) is 0 Å². The van der Waals surface area contributed by atoms with Gasteiger partial charge in [0.1, 0.15) is 5.82 Å². The predicted molar refractivity (Wildman–Crippen MR) is 81.6 cm³/mol. The van der Waals surface area contributed by atoms with Crippen LogP contribution in [0.3, 0.4) is 0 Å². The number of para-hydroxylation sites is 2. The molecule has 0 bridgehead atoms. The zero-order chi connectivity index (χ0) is 14.5. The Morgan fingerprint density at radius 2 is 2.15 bits per heavy atom. The first-order chi connectivity index (χ1) is 9.61. The average molecular weight is 273 g/mol. The predicted octanol–water partition coefficient (Wildman–Crippen LogP) is 2.76. The van der Waals surface area contributed by atoms with E-state index in [4.69, 9.17) is 4.98 Å². The molecule has 0 spiro atoms. The van der Waals surface area contributed by atoms with Gasteiger partial charge < -0.3 is 9.88 Å². The van der Waals surface area contributed by atoms with E-state index in [1.54, 1.807) is 6.92 Å². The number of nitrogens with zero attached hydrogens (tertiary/aromatic N) is 2.